The summed E-state index contributed by atoms with van der Waals surface area (Å²) in [5.41, 5.74) is 5.71. The summed E-state index contributed by atoms with van der Waals surface area (Å²) in [5, 5.41) is 10.2. The van der Waals surface area contributed by atoms with Gasteiger partial charge in [-0.1, -0.05) is 11.6 Å². The number of nitrogen functional groups attached to an aromatic ring is 1. The molecule has 0 aromatic carbocycles. The molecular formula is C6H6ClN3O2. The Morgan fingerprint density at radius 2 is 2.33 bits per heavy atom. The molecule has 1 rings (SSSR count). The normalized spacial score (nSPS) is 9.83. The number of rotatable bonds is 1. The highest BCUT2D eigenvalue weighted by atomic mass is 35.5. The lowest BCUT2D eigenvalue weighted by Crippen LogP contribution is -2.00. The number of anilines is 1. The molecule has 0 unspecified atom stereocenters. The van der Waals surface area contributed by atoms with Crippen molar-refractivity contribution >= 4 is 23.0 Å². The number of hydrogen-bond acceptors (Lipinski definition) is 4. The van der Waals surface area contributed by atoms with Gasteiger partial charge in [0, 0.05) is 6.20 Å². The second kappa shape index (κ2) is 2.94. The fourth-order valence-corrected chi connectivity index (χ4v) is 0.975. The van der Waals surface area contributed by atoms with Gasteiger partial charge in [0.2, 0.25) is 5.15 Å². The van der Waals surface area contributed by atoms with Crippen LogP contribution in [0, 0.1) is 17.0 Å². The van der Waals surface area contributed by atoms with Crippen molar-refractivity contribution in [2.75, 3.05) is 5.73 Å². The van der Waals surface area contributed by atoms with E-state index in [1.54, 1.807) is 6.92 Å². The number of nitrogens with two attached hydrogens (primary N) is 1. The zero-order valence-electron chi connectivity index (χ0n) is 6.24. The summed E-state index contributed by atoms with van der Waals surface area (Å²) in [7, 11) is 0. The largest absolute Gasteiger partial charge is 0.393 e. The average Bonchev–Trinajstić information content (AvgIpc) is 1.97. The third kappa shape index (κ3) is 1.31. The van der Waals surface area contributed by atoms with Gasteiger partial charge in [-0.05, 0) is 12.5 Å². The number of hydrogen-bond donors (Lipinski definition) is 1. The molecule has 5 nitrogen and oxygen atoms in total. The Hall–Kier alpha value is -1.36. The topological polar surface area (TPSA) is 82.0 Å². The summed E-state index contributed by atoms with van der Waals surface area (Å²) in [6, 6.07) is 0. The van der Waals surface area contributed by atoms with Crippen LogP contribution in [0.3, 0.4) is 0 Å². The smallest absolute Gasteiger partial charge is 0.329 e. The minimum absolute atomic E-state index is 0.0694. The first kappa shape index (κ1) is 8.73. The highest BCUT2D eigenvalue weighted by molar-refractivity contribution is 6.32. The van der Waals surface area contributed by atoms with E-state index in [2.05, 4.69) is 4.98 Å². The Morgan fingerprint density at radius 1 is 1.75 bits per heavy atom. The monoisotopic (exact) mass is 187 g/mol. The molecule has 0 atom stereocenters. The fourth-order valence-electron chi connectivity index (χ4n) is 0.756. The van der Waals surface area contributed by atoms with E-state index in [0.29, 0.717) is 5.56 Å². The SMILES string of the molecule is Cc1cnc(Cl)c([N+](=O)[O-])c1N. The van der Waals surface area contributed by atoms with Gasteiger partial charge < -0.3 is 5.73 Å². The van der Waals surface area contributed by atoms with Gasteiger partial charge in [-0.15, -0.1) is 0 Å². The van der Waals surface area contributed by atoms with Gasteiger partial charge in [0.25, 0.3) is 0 Å². The molecule has 0 fully saturated rings. The lowest BCUT2D eigenvalue weighted by atomic mass is 10.2. The van der Waals surface area contributed by atoms with Gasteiger partial charge in [0.15, 0.2) is 0 Å². The molecule has 0 bridgehead atoms. The lowest BCUT2D eigenvalue weighted by Gasteiger charge is -2.00. The molecule has 1 aromatic heterocycles. The van der Waals surface area contributed by atoms with Gasteiger partial charge >= 0.3 is 5.69 Å². The molecule has 0 saturated heterocycles. The van der Waals surface area contributed by atoms with Crippen LogP contribution in [-0.2, 0) is 0 Å². The summed E-state index contributed by atoms with van der Waals surface area (Å²) < 4.78 is 0. The van der Waals surface area contributed by atoms with Crippen molar-refractivity contribution in [1.29, 1.82) is 0 Å². The molecule has 0 amide bonds. The highest BCUT2D eigenvalue weighted by Crippen LogP contribution is 2.30. The van der Waals surface area contributed by atoms with Crippen LogP contribution in [0.1, 0.15) is 5.56 Å². The number of aromatic nitrogens is 1. The fraction of sp³-hybridized carbons (Fsp3) is 0.167. The van der Waals surface area contributed by atoms with Crippen LogP contribution in [0.25, 0.3) is 0 Å². The Balaban J connectivity index is 3.43. The number of aryl methyl sites for hydroxylation is 1. The van der Waals surface area contributed by atoms with Gasteiger partial charge in [-0.3, -0.25) is 10.1 Å². The number of nitro groups is 1. The molecule has 64 valence electrons. The van der Waals surface area contributed by atoms with Crippen LogP contribution in [0.2, 0.25) is 5.15 Å². The van der Waals surface area contributed by atoms with Crippen LogP contribution < -0.4 is 5.73 Å². The first-order valence-electron chi connectivity index (χ1n) is 3.09. The molecule has 0 aliphatic rings. The van der Waals surface area contributed by atoms with Gasteiger partial charge in [0.1, 0.15) is 5.69 Å². The van der Waals surface area contributed by atoms with E-state index in [4.69, 9.17) is 17.3 Å². The first-order chi connectivity index (χ1) is 5.54. The van der Waals surface area contributed by atoms with E-state index in [1.807, 2.05) is 0 Å². The zero-order valence-corrected chi connectivity index (χ0v) is 7.00. The predicted octanol–water partition coefficient (Wildman–Crippen LogP) is 1.53. The van der Waals surface area contributed by atoms with Crippen molar-refractivity contribution in [3.05, 3.63) is 27.0 Å². The quantitative estimate of drug-likeness (QED) is 0.411. The Bertz CT molecular complexity index is 340. The average molecular weight is 188 g/mol. The number of pyridine rings is 1. The molecule has 0 aliphatic heterocycles. The highest BCUT2D eigenvalue weighted by Gasteiger charge is 2.19. The van der Waals surface area contributed by atoms with Crippen molar-refractivity contribution in [1.82, 2.24) is 4.98 Å². The molecule has 1 aromatic rings. The summed E-state index contributed by atoms with van der Waals surface area (Å²) in [5.74, 6) is 0. The van der Waals surface area contributed by atoms with Crippen molar-refractivity contribution in [2.45, 2.75) is 6.92 Å². The molecule has 6 heteroatoms. The maximum atomic E-state index is 10.4. The third-order valence-corrected chi connectivity index (χ3v) is 1.71. The lowest BCUT2D eigenvalue weighted by molar-refractivity contribution is -0.384. The number of nitrogens with zero attached hydrogens (tertiary/aromatic N) is 2. The van der Waals surface area contributed by atoms with E-state index < -0.39 is 4.92 Å². The van der Waals surface area contributed by atoms with Crippen molar-refractivity contribution < 1.29 is 4.92 Å². The van der Waals surface area contributed by atoms with E-state index >= 15 is 0 Å². The first-order valence-corrected chi connectivity index (χ1v) is 3.46. The van der Waals surface area contributed by atoms with Crippen LogP contribution in [0.5, 0.6) is 0 Å². The van der Waals surface area contributed by atoms with E-state index in [1.165, 1.54) is 6.20 Å². The van der Waals surface area contributed by atoms with E-state index in [9.17, 15) is 10.1 Å². The van der Waals surface area contributed by atoms with Crippen molar-refractivity contribution in [3.63, 3.8) is 0 Å². The molecule has 0 aliphatic carbocycles. The number of halogens is 1. The minimum atomic E-state index is -0.641. The molecular weight excluding hydrogens is 182 g/mol. The molecule has 1 heterocycles. The standard InChI is InChI=1S/C6H6ClN3O2/c1-3-2-9-6(7)5(4(3)8)10(11)12/h2H,1H3,(H2,8,9). The Morgan fingerprint density at radius 3 is 2.75 bits per heavy atom. The summed E-state index contributed by atoms with van der Waals surface area (Å²) in [6.45, 7) is 1.63. The predicted molar refractivity (Wildman–Crippen MR) is 45.1 cm³/mol. The molecule has 0 radical (unpaired) electrons. The third-order valence-electron chi connectivity index (χ3n) is 1.43. The van der Waals surface area contributed by atoms with Gasteiger partial charge in [0.05, 0.1) is 4.92 Å². The second-order valence-corrected chi connectivity index (χ2v) is 2.61. The van der Waals surface area contributed by atoms with E-state index in [-0.39, 0.29) is 16.5 Å². The Labute approximate surface area is 73.3 Å². The molecule has 2 N–H and O–H groups in total. The Kier molecular flexibility index (Phi) is 2.14. The maximum absolute atomic E-state index is 10.4. The molecule has 12 heavy (non-hydrogen) atoms. The van der Waals surface area contributed by atoms with Crippen LogP contribution >= 0.6 is 11.6 Å². The molecule has 0 saturated carbocycles. The van der Waals surface area contributed by atoms with Crippen LogP contribution in [-0.4, -0.2) is 9.91 Å². The molecule has 0 spiro atoms. The summed E-state index contributed by atoms with van der Waals surface area (Å²) in [6.07, 6.45) is 1.39. The van der Waals surface area contributed by atoms with Gasteiger partial charge in [-0.2, -0.15) is 0 Å². The maximum Gasteiger partial charge on any atom is 0.329 e. The second-order valence-electron chi connectivity index (χ2n) is 2.25. The zero-order chi connectivity index (χ0) is 9.30. The van der Waals surface area contributed by atoms with Crippen molar-refractivity contribution in [2.24, 2.45) is 0 Å². The van der Waals surface area contributed by atoms with Gasteiger partial charge in [-0.25, -0.2) is 4.98 Å². The van der Waals surface area contributed by atoms with Crippen LogP contribution in [0.4, 0.5) is 11.4 Å². The minimum Gasteiger partial charge on any atom is -0.393 e. The van der Waals surface area contributed by atoms with E-state index in [0.717, 1.165) is 0 Å². The summed E-state index contributed by atoms with van der Waals surface area (Å²) in [4.78, 5) is 13.4. The van der Waals surface area contributed by atoms with Crippen molar-refractivity contribution in [3.8, 4) is 0 Å². The van der Waals surface area contributed by atoms with Crippen LogP contribution in [0.15, 0.2) is 6.20 Å². The summed E-state index contributed by atoms with van der Waals surface area (Å²) >= 11 is 5.46.